The Bertz CT molecular complexity index is 914. The summed E-state index contributed by atoms with van der Waals surface area (Å²) in [6, 6.07) is 10.5. The molecule has 0 aromatic heterocycles. The maximum absolute atomic E-state index is 14.1. The van der Waals surface area contributed by atoms with E-state index in [1.807, 2.05) is 6.07 Å². The number of halogens is 3. The van der Waals surface area contributed by atoms with Crippen molar-refractivity contribution in [2.45, 2.75) is 38.3 Å². The van der Waals surface area contributed by atoms with E-state index in [4.69, 9.17) is 0 Å². The summed E-state index contributed by atoms with van der Waals surface area (Å²) in [5.41, 5.74) is 0.429. The summed E-state index contributed by atoms with van der Waals surface area (Å²) >= 11 is 0. The third-order valence-electron chi connectivity index (χ3n) is 5.99. The fourth-order valence-corrected chi connectivity index (χ4v) is 4.94. The van der Waals surface area contributed by atoms with E-state index in [0.29, 0.717) is 19.5 Å². The zero-order valence-corrected chi connectivity index (χ0v) is 16.0. The van der Waals surface area contributed by atoms with E-state index in [1.54, 1.807) is 17.0 Å². The lowest BCUT2D eigenvalue weighted by atomic mass is 9.89. The molecule has 2 aliphatic heterocycles. The minimum Gasteiger partial charge on any atom is -0.363 e. The Hall–Kier alpha value is -2.50. The summed E-state index contributed by atoms with van der Waals surface area (Å²) < 4.78 is 41.3. The average molecular weight is 388 g/mol. The van der Waals surface area contributed by atoms with Gasteiger partial charge in [0.1, 0.15) is 5.82 Å². The SMILES string of the molecule is CC1(C)C[C@@H]2CN(C(=O)c3cccc(F)c3F)CC[C@@H]2N1c1cccc(F)c1. The zero-order valence-electron chi connectivity index (χ0n) is 16.0. The number of hydrogen-bond donors (Lipinski definition) is 0. The summed E-state index contributed by atoms with van der Waals surface area (Å²) in [7, 11) is 0. The molecule has 1 amide bonds. The lowest BCUT2D eigenvalue weighted by molar-refractivity contribution is 0.0661. The number of nitrogens with zero attached hydrogens (tertiary/aromatic N) is 2. The number of fused-ring (bicyclic) bond motifs is 1. The summed E-state index contributed by atoms with van der Waals surface area (Å²) in [4.78, 5) is 16.6. The summed E-state index contributed by atoms with van der Waals surface area (Å²) in [5, 5.41) is 0. The van der Waals surface area contributed by atoms with E-state index in [1.165, 1.54) is 18.2 Å². The second-order valence-electron chi connectivity index (χ2n) is 8.34. The number of amides is 1. The lowest BCUT2D eigenvalue weighted by Crippen LogP contribution is -2.50. The predicted molar refractivity (Wildman–Crippen MR) is 102 cm³/mol. The Morgan fingerprint density at radius 1 is 1.11 bits per heavy atom. The van der Waals surface area contributed by atoms with Gasteiger partial charge in [0.15, 0.2) is 11.6 Å². The number of likely N-dealkylation sites (tertiary alicyclic amines) is 1. The van der Waals surface area contributed by atoms with Gasteiger partial charge in [0, 0.05) is 30.4 Å². The molecule has 0 saturated carbocycles. The van der Waals surface area contributed by atoms with Crippen LogP contribution < -0.4 is 4.90 Å². The van der Waals surface area contributed by atoms with Crippen LogP contribution in [0.2, 0.25) is 0 Å². The fraction of sp³-hybridized carbons (Fsp3) is 0.409. The van der Waals surface area contributed by atoms with Crippen LogP contribution in [0.4, 0.5) is 18.9 Å². The number of rotatable bonds is 2. The van der Waals surface area contributed by atoms with Crippen molar-refractivity contribution in [3.05, 3.63) is 65.5 Å². The van der Waals surface area contributed by atoms with Crippen molar-refractivity contribution in [2.24, 2.45) is 5.92 Å². The monoisotopic (exact) mass is 388 g/mol. The first-order chi connectivity index (χ1) is 13.3. The topological polar surface area (TPSA) is 23.6 Å². The van der Waals surface area contributed by atoms with Crippen molar-refractivity contribution < 1.29 is 18.0 Å². The van der Waals surface area contributed by atoms with Crippen LogP contribution in [-0.4, -0.2) is 35.5 Å². The lowest BCUT2D eigenvalue weighted by Gasteiger charge is -2.42. The van der Waals surface area contributed by atoms with Gasteiger partial charge in [-0.2, -0.15) is 0 Å². The molecular formula is C22H23F3N2O. The van der Waals surface area contributed by atoms with E-state index in [0.717, 1.165) is 18.2 Å². The maximum atomic E-state index is 14.1. The highest BCUT2D eigenvalue weighted by atomic mass is 19.2. The largest absolute Gasteiger partial charge is 0.363 e. The van der Waals surface area contributed by atoms with E-state index >= 15 is 0 Å². The molecule has 2 saturated heterocycles. The van der Waals surface area contributed by atoms with Gasteiger partial charge < -0.3 is 9.80 Å². The highest BCUT2D eigenvalue weighted by Gasteiger charge is 2.48. The van der Waals surface area contributed by atoms with E-state index in [-0.39, 0.29) is 28.9 Å². The number of hydrogen-bond acceptors (Lipinski definition) is 2. The maximum Gasteiger partial charge on any atom is 0.256 e. The molecule has 2 atom stereocenters. The standard InChI is InChI=1S/C22H23F3N2O/c1-22(2)12-14-13-26(21(28)17-7-4-8-18(24)20(17)25)10-9-19(14)27(22)16-6-3-5-15(23)11-16/h3-8,11,14,19H,9-10,12-13H2,1-2H3/t14-,19+/m1/s1. The van der Waals surface area contributed by atoms with Gasteiger partial charge in [-0.15, -0.1) is 0 Å². The molecule has 0 bridgehead atoms. The Balaban J connectivity index is 1.57. The highest BCUT2D eigenvalue weighted by Crippen LogP contribution is 2.44. The normalized spacial score (nSPS) is 23.6. The number of piperidine rings is 1. The first kappa shape index (κ1) is 18.8. The number of anilines is 1. The van der Waals surface area contributed by atoms with Gasteiger partial charge in [-0.05, 0) is 62.9 Å². The molecule has 0 N–H and O–H groups in total. The van der Waals surface area contributed by atoms with E-state index < -0.39 is 17.5 Å². The summed E-state index contributed by atoms with van der Waals surface area (Å²) in [6.07, 6.45) is 1.54. The molecule has 4 rings (SSSR count). The molecule has 0 spiro atoms. The number of carbonyl (C=O) groups excluding carboxylic acids is 1. The van der Waals surface area contributed by atoms with Crippen molar-refractivity contribution in [3.8, 4) is 0 Å². The summed E-state index contributed by atoms with van der Waals surface area (Å²) in [5.74, 6) is -2.67. The zero-order chi connectivity index (χ0) is 20.1. The smallest absolute Gasteiger partial charge is 0.256 e. The third kappa shape index (κ3) is 3.15. The van der Waals surface area contributed by atoms with E-state index in [9.17, 15) is 18.0 Å². The summed E-state index contributed by atoms with van der Waals surface area (Å²) in [6.45, 7) is 5.18. The van der Waals surface area contributed by atoms with Crippen LogP contribution in [0.5, 0.6) is 0 Å². The van der Waals surface area contributed by atoms with Crippen LogP contribution in [0.15, 0.2) is 42.5 Å². The van der Waals surface area contributed by atoms with Crippen LogP contribution in [0.25, 0.3) is 0 Å². The van der Waals surface area contributed by atoms with Gasteiger partial charge in [0.2, 0.25) is 0 Å². The number of carbonyl (C=O) groups is 1. The average Bonchev–Trinajstić information content (AvgIpc) is 2.92. The van der Waals surface area contributed by atoms with Crippen molar-refractivity contribution in [1.82, 2.24) is 4.90 Å². The van der Waals surface area contributed by atoms with Crippen LogP contribution in [0, 0.1) is 23.4 Å². The fourth-order valence-electron chi connectivity index (χ4n) is 4.94. The van der Waals surface area contributed by atoms with Crippen LogP contribution in [0.3, 0.4) is 0 Å². The van der Waals surface area contributed by atoms with Gasteiger partial charge in [-0.1, -0.05) is 12.1 Å². The molecule has 28 heavy (non-hydrogen) atoms. The van der Waals surface area contributed by atoms with E-state index in [2.05, 4.69) is 18.7 Å². The van der Waals surface area contributed by atoms with Gasteiger partial charge in [0.05, 0.1) is 5.56 Å². The molecular weight excluding hydrogens is 365 g/mol. The Morgan fingerprint density at radius 3 is 2.61 bits per heavy atom. The molecule has 2 aromatic carbocycles. The van der Waals surface area contributed by atoms with Crippen molar-refractivity contribution in [3.63, 3.8) is 0 Å². The third-order valence-corrected chi connectivity index (χ3v) is 5.99. The molecule has 6 heteroatoms. The van der Waals surface area contributed by atoms with Crippen LogP contribution in [-0.2, 0) is 0 Å². The minimum atomic E-state index is -1.09. The molecule has 2 aromatic rings. The molecule has 2 aliphatic rings. The molecule has 3 nitrogen and oxygen atoms in total. The van der Waals surface area contributed by atoms with Crippen LogP contribution in [0.1, 0.15) is 37.0 Å². The molecule has 0 radical (unpaired) electrons. The molecule has 2 heterocycles. The number of benzene rings is 2. The molecule has 0 unspecified atom stereocenters. The Morgan fingerprint density at radius 2 is 1.86 bits per heavy atom. The van der Waals surface area contributed by atoms with Crippen LogP contribution >= 0.6 is 0 Å². The minimum absolute atomic E-state index is 0.179. The predicted octanol–water partition coefficient (Wildman–Crippen LogP) is 4.62. The molecule has 2 fully saturated rings. The van der Waals surface area contributed by atoms with Gasteiger partial charge in [-0.3, -0.25) is 4.79 Å². The first-order valence-electron chi connectivity index (χ1n) is 9.56. The highest BCUT2D eigenvalue weighted by molar-refractivity contribution is 5.94. The first-order valence-corrected chi connectivity index (χ1v) is 9.56. The quantitative estimate of drug-likeness (QED) is 0.749. The van der Waals surface area contributed by atoms with Crippen molar-refractivity contribution in [2.75, 3.05) is 18.0 Å². The molecule has 148 valence electrons. The second-order valence-corrected chi connectivity index (χ2v) is 8.34. The Kier molecular flexibility index (Phi) is 4.60. The van der Waals surface area contributed by atoms with Crippen molar-refractivity contribution >= 4 is 11.6 Å². The Labute approximate surface area is 162 Å². The van der Waals surface area contributed by atoms with Gasteiger partial charge in [0.25, 0.3) is 5.91 Å². The van der Waals surface area contributed by atoms with Crippen molar-refractivity contribution in [1.29, 1.82) is 0 Å². The molecule has 0 aliphatic carbocycles. The second kappa shape index (κ2) is 6.83. The van der Waals surface area contributed by atoms with Gasteiger partial charge in [-0.25, -0.2) is 13.2 Å². The van der Waals surface area contributed by atoms with Gasteiger partial charge >= 0.3 is 0 Å².